The van der Waals surface area contributed by atoms with Crippen LogP contribution in [0.15, 0.2) is 0 Å². The molecule has 136 valence electrons. The van der Waals surface area contributed by atoms with Gasteiger partial charge in [-0.15, -0.1) is 0 Å². The molecule has 0 unspecified atom stereocenters. The molecule has 4 amide bonds. The average Bonchev–Trinajstić information content (AvgIpc) is 2.40. The van der Waals surface area contributed by atoms with Crippen LogP contribution in [0.2, 0.25) is 0 Å². The molecular formula is C12H24N4O4Ti4-4. The third kappa shape index (κ3) is 141. The fraction of sp³-hybridized carbons (Fsp3) is 0.667. The van der Waals surface area contributed by atoms with Gasteiger partial charge in [-0.2, -0.15) is 0 Å². The largest absolute Gasteiger partial charge is 0.668 e. The molecule has 0 aliphatic rings. The Morgan fingerprint density at radius 3 is 0.500 bits per heavy atom. The van der Waals surface area contributed by atoms with Crippen molar-refractivity contribution in [2.24, 2.45) is 0 Å². The molecule has 24 heavy (non-hydrogen) atoms. The second-order valence-corrected chi connectivity index (χ2v) is 3.11. The molecule has 0 aliphatic carbocycles. The van der Waals surface area contributed by atoms with E-state index in [-0.39, 0.29) is 86.9 Å². The zero-order valence-electron chi connectivity index (χ0n) is 14.5. The Balaban J connectivity index is -0.0000000225. The number of hydrogen-bond acceptors (Lipinski definition) is 4. The molecule has 0 spiro atoms. The minimum absolute atomic E-state index is 0. The van der Waals surface area contributed by atoms with Gasteiger partial charge in [0.2, 0.25) is 0 Å². The van der Waals surface area contributed by atoms with Gasteiger partial charge in [0.1, 0.15) is 0 Å². The minimum Gasteiger partial charge on any atom is -0.668 e. The van der Waals surface area contributed by atoms with Crippen molar-refractivity contribution in [3.63, 3.8) is 0 Å². The average molecular weight is 480 g/mol. The number of carbonyl (C=O) groups is 4. The van der Waals surface area contributed by atoms with Crippen molar-refractivity contribution in [3.05, 3.63) is 22.9 Å². The normalized spacial score (nSPS) is 6.17. The van der Waals surface area contributed by atoms with Crippen LogP contribution in [0, 0.1) is 0 Å². The molecule has 0 fully saturated rings. The summed E-state index contributed by atoms with van der Waals surface area (Å²) in [7, 11) is 0. The van der Waals surface area contributed by atoms with Gasteiger partial charge in [-0.1, -0.05) is 27.7 Å². The molecule has 0 saturated heterocycles. The van der Waals surface area contributed by atoms with E-state index in [9.17, 15) is 19.2 Å². The fourth-order valence-corrected chi connectivity index (χ4v) is 0. The summed E-state index contributed by atoms with van der Waals surface area (Å²) in [6.45, 7) is 6.65. The first-order chi connectivity index (χ1) is 9.08. The Morgan fingerprint density at radius 2 is 0.500 bits per heavy atom. The summed E-state index contributed by atoms with van der Waals surface area (Å²) in [5.74, 6) is -1.98. The molecular weight excluding hydrogens is 456 g/mol. The summed E-state index contributed by atoms with van der Waals surface area (Å²) >= 11 is 0. The van der Waals surface area contributed by atoms with E-state index < -0.39 is 23.6 Å². The molecule has 12 heteroatoms. The smallest absolute Gasteiger partial charge is 0.0484 e. The molecule has 0 bridgehead atoms. The maximum atomic E-state index is 9.48. The molecule has 0 aromatic carbocycles. The topological polar surface area (TPSA) is 163 Å². The van der Waals surface area contributed by atoms with Crippen molar-refractivity contribution in [1.82, 2.24) is 0 Å². The molecule has 0 heterocycles. The van der Waals surface area contributed by atoms with Gasteiger partial charge in [0.25, 0.3) is 0 Å². The van der Waals surface area contributed by atoms with Crippen molar-refractivity contribution < 1.29 is 106 Å². The molecule has 0 aromatic rings. The third-order valence-corrected chi connectivity index (χ3v) is 1.28. The fourth-order valence-electron chi connectivity index (χ4n) is 0. The molecule has 0 rings (SSSR count). The number of carbonyl (C=O) groups excluding carboxylic acids is 4. The number of nitrogens with one attached hydrogen (secondary N) is 4. The van der Waals surface area contributed by atoms with Crippen LogP contribution >= 0.6 is 0 Å². The first kappa shape index (κ1) is 49.8. The van der Waals surface area contributed by atoms with Crippen LogP contribution in [0.1, 0.15) is 53.4 Å². The summed E-state index contributed by atoms with van der Waals surface area (Å²) in [5, 5.41) is 0. The number of hydrogen-bond donors (Lipinski definition) is 0. The van der Waals surface area contributed by atoms with E-state index in [1.165, 1.54) is 0 Å². The summed E-state index contributed by atoms with van der Waals surface area (Å²) in [6.07, 6.45) is 1.33. The van der Waals surface area contributed by atoms with Crippen LogP contribution < -0.4 is 0 Å². The van der Waals surface area contributed by atoms with Crippen LogP contribution in [0.5, 0.6) is 0 Å². The van der Waals surface area contributed by atoms with Gasteiger partial charge in [-0.25, -0.2) is 0 Å². The van der Waals surface area contributed by atoms with Gasteiger partial charge >= 0.3 is 0 Å². The van der Waals surface area contributed by atoms with Gasteiger partial charge < -0.3 is 42.1 Å². The van der Waals surface area contributed by atoms with Crippen LogP contribution in [-0.2, 0) is 106 Å². The molecule has 0 atom stereocenters. The monoisotopic (exact) mass is 480 g/mol. The van der Waals surface area contributed by atoms with Gasteiger partial charge in [0, 0.05) is 110 Å². The zero-order chi connectivity index (χ0) is 17.1. The quantitative estimate of drug-likeness (QED) is 0.558. The number of rotatable bonds is 4. The Kier molecular flexibility index (Phi) is 90.8. The minimum atomic E-state index is -0.495. The maximum absolute atomic E-state index is 9.48. The van der Waals surface area contributed by atoms with Crippen molar-refractivity contribution in [2.75, 3.05) is 0 Å². The first-order valence-electron chi connectivity index (χ1n) is 6.06. The maximum Gasteiger partial charge on any atom is 0.0484 e. The Bertz CT molecular complexity index is 240. The van der Waals surface area contributed by atoms with Gasteiger partial charge in [0.15, 0.2) is 0 Å². The van der Waals surface area contributed by atoms with Crippen molar-refractivity contribution >= 4 is 23.6 Å². The van der Waals surface area contributed by atoms with E-state index in [1.807, 2.05) is 0 Å². The first-order valence-corrected chi connectivity index (χ1v) is 6.06. The summed E-state index contributed by atoms with van der Waals surface area (Å²) < 4.78 is 0. The van der Waals surface area contributed by atoms with Crippen molar-refractivity contribution in [2.45, 2.75) is 53.4 Å². The standard InChI is InChI=1S/4C3H7NO.4Ti/c4*1-2-3(4)5;;;;/h4*2H2,1H3,(H2,4,5);;;;/p-4. The Morgan fingerprint density at radius 1 is 0.458 bits per heavy atom. The van der Waals surface area contributed by atoms with Crippen LogP contribution in [-0.4, -0.2) is 23.6 Å². The van der Waals surface area contributed by atoms with E-state index >= 15 is 0 Å². The second kappa shape index (κ2) is 43.8. The van der Waals surface area contributed by atoms with E-state index in [2.05, 4.69) is 0 Å². The molecule has 0 radical (unpaired) electrons. The van der Waals surface area contributed by atoms with E-state index in [0.29, 0.717) is 25.7 Å². The summed E-state index contributed by atoms with van der Waals surface area (Å²) in [5.41, 5.74) is 24.8. The SMILES string of the molecule is CCC([NH-])=O.CCC([NH-])=O.CCC([NH-])=O.CCC([NH-])=O.[Ti].[Ti].[Ti].[Ti]. The molecule has 0 aliphatic heterocycles. The van der Waals surface area contributed by atoms with Gasteiger partial charge in [0.05, 0.1) is 0 Å². The number of amides is 4. The molecule has 0 aromatic heterocycles. The predicted molar refractivity (Wildman–Crippen MR) is 78.5 cm³/mol. The van der Waals surface area contributed by atoms with Gasteiger partial charge in [-0.05, 0) is 25.7 Å². The van der Waals surface area contributed by atoms with Crippen molar-refractivity contribution in [3.8, 4) is 0 Å². The summed E-state index contributed by atoms with van der Waals surface area (Å²) in [6, 6.07) is 0. The molecule has 4 N–H and O–H groups in total. The Hall–Kier alpha value is 0.737. The van der Waals surface area contributed by atoms with E-state index in [0.717, 1.165) is 0 Å². The van der Waals surface area contributed by atoms with Gasteiger partial charge in [-0.3, -0.25) is 0 Å². The summed E-state index contributed by atoms with van der Waals surface area (Å²) in [4.78, 5) is 37.9. The second-order valence-electron chi connectivity index (χ2n) is 3.11. The molecule has 0 saturated carbocycles. The molecule has 8 nitrogen and oxygen atoms in total. The van der Waals surface area contributed by atoms with E-state index in [4.69, 9.17) is 22.9 Å². The predicted octanol–water partition coefficient (Wildman–Crippen LogP) is 3.89. The van der Waals surface area contributed by atoms with Crippen molar-refractivity contribution in [1.29, 1.82) is 0 Å². The van der Waals surface area contributed by atoms with Crippen LogP contribution in [0.4, 0.5) is 0 Å². The van der Waals surface area contributed by atoms with Crippen LogP contribution in [0.3, 0.4) is 0 Å². The third-order valence-electron chi connectivity index (χ3n) is 1.28. The Labute approximate surface area is 204 Å². The zero-order valence-corrected chi connectivity index (χ0v) is 20.7. The van der Waals surface area contributed by atoms with Crippen LogP contribution in [0.25, 0.3) is 22.9 Å². The van der Waals surface area contributed by atoms with E-state index in [1.54, 1.807) is 27.7 Å².